The first-order valence-corrected chi connectivity index (χ1v) is 7.15. The maximum atomic E-state index is 5.68. The normalized spacial score (nSPS) is 11.6. The number of nitrogens with zero attached hydrogens (tertiary/aromatic N) is 4. The van der Waals surface area contributed by atoms with Gasteiger partial charge in [0, 0.05) is 6.54 Å². The lowest BCUT2D eigenvalue weighted by molar-refractivity contribution is 0.485. The molecule has 6 heteroatoms. The molecule has 0 aliphatic carbocycles. The summed E-state index contributed by atoms with van der Waals surface area (Å²) in [6, 6.07) is 7.73. The van der Waals surface area contributed by atoms with Crippen LogP contribution in [0, 0.1) is 5.92 Å². The molecule has 0 amide bonds. The predicted octanol–water partition coefficient (Wildman–Crippen LogP) is 2.21. The van der Waals surface area contributed by atoms with Crippen LogP contribution in [0.15, 0.2) is 34.9 Å². The Balaban J connectivity index is 1.63. The van der Waals surface area contributed by atoms with Gasteiger partial charge in [0.25, 0.3) is 0 Å². The Morgan fingerprint density at radius 1 is 1.29 bits per heavy atom. The summed E-state index contributed by atoms with van der Waals surface area (Å²) in [6.07, 6.45) is 1.92. The zero-order chi connectivity index (χ0) is 14.7. The van der Waals surface area contributed by atoms with Crippen molar-refractivity contribution in [3.63, 3.8) is 0 Å². The minimum absolute atomic E-state index is 0.492. The molecule has 0 unspecified atom stereocenters. The second-order valence-electron chi connectivity index (χ2n) is 5.51. The third-order valence-electron chi connectivity index (χ3n) is 3.08. The summed E-state index contributed by atoms with van der Waals surface area (Å²) in [5.74, 6) is 1.27. The highest BCUT2D eigenvalue weighted by Gasteiger charge is 2.07. The van der Waals surface area contributed by atoms with Crippen LogP contribution in [0.5, 0.6) is 0 Å². The Morgan fingerprint density at radius 3 is 2.95 bits per heavy atom. The largest absolute Gasteiger partial charge is 0.439 e. The van der Waals surface area contributed by atoms with Crippen molar-refractivity contribution in [1.29, 1.82) is 0 Å². The van der Waals surface area contributed by atoms with Crippen molar-refractivity contribution < 1.29 is 4.42 Å². The Bertz CT molecular complexity index is 683. The summed E-state index contributed by atoms with van der Waals surface area (Å²) >= 11 is 0. The smallest absolute Gasteiger partial charge is 0.217 e. The molecule has 110 valence electrons. The van der Waals surface area contributed by atoms with E-state index in [1.54, 1.807) is 4.68 Å². The molecule has 0 aliphatic heterocycles. The number of hydrogen-bond acceptors (Lipinski definition) is 5. The van der Waals surface area contributed by atoms with Crippen LogP contribution < -0.4 is 5.32 Å². The fourth-order valence-electron chi connectivity index (χ4n) is 2.11. The van der Waals surface area contributed by atoms with Gasteiger partial charge in [-0.1, -0.05) is 31.2 Å². The molecule has 21 heavy (non-hydrogen) atoms. The lowest BCUT2D eigenvalue weighted by atomic mass is 10.2. The van der Waals surface area contributed by atoms with E-state index in [-0.39, 0.29) is 0 Å². The van der Waals surface area contributed by atoms with Crippen LogP contribution in [0.3, 0.4) is 0 Å². The first kappa shape index (κ1) is 13.8. The number of nitrogens with one attached hydrogen (secondary N) is 1. The van der Waals surface area contributed by atoms with Crippen LogP contribution in [-0.4, -0.2) is 26.5 Å². The number of fused-ring (bicyclic) bond motifs is 1. The molecule has 3 aromatic rings. The summed E-state index contributed by atoms with van der Waals surface area (Å²) in [5.41, 5.74) is 2.59. The fourth-order valence-corrected chi connectivity index (χ4v) is 2.11. The summed E-state index contributed by atoms with van der Waals surface area (Å²) in [7, 11) is 0. The number of hydrogen-bond donors (Lipinski definition) is 1. The van der Waals surface area contributed by atoms with Gasteiger partial charge in [-0.15, -0.1) is 5.10 Å². The fraction of sp³-hybridized carbons (Fsp3) is 0.400. The quantitative estimate of drug-likeness (QED) is 0.752. The lowest BCUT2D eigenvalue weighted by Crippen LogP contribution is -2.19. The second-order valence-corrected chi connectivity index (χ2v) is 5.51. The Kier molecular flexibility index (Phi) is 3.96. The highest BCUT2D eigenvalue weighted by molar-refractivity contribution is 5.72. The summed E-state index contributed by atoms with van der Waals surface area (Å²) in [6.45, 7) is 6.55. The first-order chi connectivity index (χ1) is 10.2. The van der Waals surface area contributed by atoms with Crippen molar-refractivity contribution >= 4 is 11.1 Å². The average molecular weight is 285 g/mol. The zero-order valence-electron chi connectivity index (χ0n) is 12.3. The van der Waals surface area contributed by atoms with Crippen molar-refractivity contribution in [2.75, 3.05) is 6.54 Å². The van der Waals surface area contributed by atoms with E-state index < -0.39 is 0 Å². The van der Waals surface area contributed by atoms with Crippen molar-refractivity contribution in [2.45, 2.75) is 26.9 Å². The number of rotatable bonds is 6. The highest BCUT2D eigenvalue weighted by atomic mass is 16.3. The minimum atomic E-state index is 0.492. The van der Waals surface area contributed by atoms with Gasteiger partial charge in [-0.05, 0) is 24.6 Å². The van der Waals surface area contributed by atoms with E-state index in [1.165, 1.54) is 0 Å². The van der Waals surface area contributed by atoms with Gasteiger partial charge in [-0.2, -0.15) is 0 Å². The van der Waals surface area contributed by atoms with Gasteiger partial charge in [0.2, 0.25) is 5.89 Å². The molecule has 2 aromatic heterocycles. The lowest BCUT2D eigenvalue weighted by Gasteiger charge is -2.04. The van der Waals surface area contributed by atoms with E-state index in [0.29, 0.717) is 18.4 Å². The number of para-hydroxylation sites is 2. The van der Waals surface area contributed by atoms with Gasteiger partial charge in [0.1, 0.15) is 12.1 Å². The summed E-state index contributed by atoms with van der Waals surface area (Å²) < 4.78 is 7.43. The average Bonchev–Trinajstić information content (AvgIpc) is 3.04. The van der Waals surface area contributed by atoms with Crippen LogP contribution in [0.2, 0.25) is 0 Å². The predicted molar refractivity (Wildman–Crippen MR) is 79.7 cm³/mol. The van der Waals surface area contributed by atoms with Crippen molar-refractivity contribution in [2.24, 2.45) is 5.92 Å². The molecule has 0 spiro atoms. The molecule has 3 rings (SSSR count). The van der Waals surface area contributed by atoms with Gasteiger partial charge in [-0.3, -0.25) is 0 Å². The molecule has 0 atom stereocenters. The van der Waals surface area contributed by atoms with Crippen molar-refractivity contribution in [3.8, 4) is 0 Å². The Morgan fingerprint density at radius 2 is 2.14 bits per heavy atom. The SMILES string of the molecule is CC(C)CNCc1cn(Cc2nc3ccccc3o2)nn1. The molecule has 0 bridgehead atoms. The summed E-state index contributed by atoms with van der Waals surface area (Å²) in [5, 5.41) is 11.6. The van der Waals surface area contributed by atoms with Gasteiger partial charge in [0.15, 0.2) is 5.58 Å². The molecular formula is C15H19N5O. The third kappa shape index (κ3) is 3.46. The molecule has 0 aliphatic rings. The van der Waals surface area contributed by atoms with Crippen LogP contribution in [0.4, 0.5) is 0 Å². The van der Waals surface area contributed by atoms with Crippen LogP contribution in [-0.2, 0) is 13.1 Å². The molecule has 2 heterocycles. The van der Waals surface area contributed by atoms with Crippen molar-refractivity contribution in [1.82, 2.24) is 25.3 Å². The molecule has 6 nitrogen and oxygen atoms in total. The molecule has 0 saturated heterocycles. The van der Waals surface area contributed by atoms with E-state index in [4.69, 9.17) is 4.42 Å². The van der Waals surface area contributed by atoms with Gasteiger partial charge in [-0.25, -0.2) is 9.67 Å². The maximum absolute atomic E-state index is 5.68. The molecule has 0 radical (unpaired) electrons. The molecule has 1 aromatic carbocycles. The van der Waals surface area contributed by atoms with Gasteiger partial charge < -0.3 is 9.73 Å². The third-order valence-corrected chi connectivity index (χ3v) is 3.08. The van der Waals surface area contributed by atoms with E-state index in [0.717, 1.165) is 29.9 Å². The van der Waals surface area contributed by atoms with E-state index >= 15 is 0 Å². The number of benzene rings is 1. The summed E-state index contributed by atoms with van der Waals surface area (Å²) in [4.78, 5) is 4.43. The van der Waals surface area contributed by atoms with E-state index in [2.05, 4.69) is 34.5 Å². The Labute approximate surface area is 123 Å². The zero-order valence-corrected chi connectivity index (χ0v) is 12.3. The second kappa shape index (κ2) is 6.05. The van der Waals surface area contributed by atoms with E-state index in [1.807, 2.05) is 30.5 Å². The van der Waals surface area contributed by atoms with Gasteiger partial charge in [0.05, 0.1) is 11.9 Å². The number of oxazole rings is 1. The first-order valence-electron chi connectivity index (χ1n) is 7.15. The topological polar surface area (TPSA) is 68.8 Å². The molecular weight excluding hydrogens is 266 g/mol. The maximum Gasteiger partial charge on any atom is 0.217 e. The minimum Gasteiger partial charge on any atom is -0.439 e. The van der Waals surface area contributed by atoms with Crippen LogP contribution in [0.1, 0.15) is 25.4 Å². The standard InChI is InChI=1S/C15H19N5O/c1-11(2)7-16-8-12-9-20(19-18-12)10-15-17-13-5-3-4-6-14(13)21-15/h3-6,9,11,16H,7-8,10H2,1-2H3. The molecule has 1 N–H and O–H groups in total. The monoisotopic (exact) mass is 285 g/mol. The molecule has 0 fully saturated rings. The van der Waals surface area contributed by atoms with E-state index in [9.17, 15) is 0 Å². The Hall–Kier alpha value is -2.21. The number of aromatic nitrogens is 4. The highest BCUT2D eigenvalue weighted by Crippen LogP contribution is 2.15. The van der Waals surface area contributed by atoms with Crippen LogP contribution in [0.25, 0.3) is 11.1 Å². The van der Waals surface area contributed by atoms with Gasteiger partial charge >= 0.3 is 0 Å². The molecule has 0 saturated carbocycles. The van der Waals surface area contributed by atoms with Crippen molar-refractivity contribution in [3.05, 3.63) is 42.0 Å². The van der Waals surface area contributed by atoms with Crippen LogP contribution >= 0.6 is 0 Å².